The maximum Gasteiger partial charge on any atom is 0.240 e. The molecule has 132 valence electrons. The summed E-state index contributed by atoms with van der Waals surface area (Å²) in [5.74, 6) is 0.717. The average Bonchev–Trinajstić information content (AvgIpc) is 2.61. The third-order valence-corrected chi connectivity index (χ3v) is 5.26. The van der Waals surface area contributed by atoms with Gasteiger partial charge in [0.05, 0.1) is 23.6 Å². The summed E-state index contributed by atoms with van der Waals surface area (Å²) in [6, 6.07) is 15.3. The molecular formula is C18H21N3O3S. The lowest BCUT2D eigenvalue weighted by Gasteiger charge is -2.25. The molecule has 2 aromatic rings. The molecule has 0 spiro atoms. The second-order valence-corrected chi connectivity index (χ2v) is 7.51. The van der Waals surface area contributed by atoms with E-state index in [0.717, 1.165) is 5.56 Å². The van der Waals surface area contributed by atoms with Gasteiger partial charge in [-0.25, -0.2) is 13.1 Å². The summed E-state index contributed by atoms with van der Waals surface area (Å²) in [5, 5.41) is 8.93. The van der Waals surface area contributed by atoms with E-state index in [4.69, 9.17) is 10.00 Å². The maximum absolute atomic E-state index is 12.5. The Hall–Kier alpha value is -2.40. The molecule has 0 aliphatic heterocycles. The first-order valence-corrected chi connectivity index (χ1v) is 9.16. The van der Waals surface area contributed by atoms with Crippen LogP contribution in [0.25, 0.3) is 0 Å². The predicted molar refractivity (Wildman–Crippen MR) is 95.8 cm³/mol. The molecule has 2 rings (SSSR count). The molecule has 25 heavy (non-hydrogen) atoms. The van der Waals surface area contributed by atoms with Crippen LogP contribution in [0.5, 0.6) is 5.75 Å². The minimum Gasteiger partial charge on any atom is -0.497 e. The SMILES string of the molecule is COc1cccc([C@@H](CNS(=O)(=O)c2cccc(C#N)c2)N(C)C)c1. The van der Waals surface area contributed by atoms with E-state index in [9.17, 15) is 8.42 Å². The molecule has 1 N–H and O–H groups in total. The zero-order valence-electron chi connectivity index (χ0n) is 14.4. The van der Waals surface area contributed by atoms with Crippen molar-refractivity contribution in [3.8, 4) is 11.8 Å². The lowest BCUT2D eigenvalue weighted by molar-refractivity contribution is 0.298. The Morgan fingerprint density at radius 1 is 1.20 bits per heavy atom. The number of sulfonamides is 1. The molecule has 0 aromatic heterocycles. The molecule has 0 bridgehead atoms. The zero-order valence-corrected chi connectivity index (χ0v) is 15.2. The molecule has 2 aromatic carbocycles. The highest BCUT2D eigenvalue weighted by Gasteiger charge is 2.20. The van der Waals surface area contributed by atoms with Crippen LogP contribution in [0.15, 0.2) is 53.4 Å². The third kappa shape index (κ3) is 4.79. The van der Waals surface area contributed by atoms with E-state index in [1.54, 1.807) is 19.2 Å². The van der Waals surface area contributed by atoms with E-state index in [2.05, 4.69) is 4.72 Å². The van der Waals surface area contributed by atoms with E-state index in [1.807, 2.05) is 49.3 Å². The van der Waals surface area contributed by atoms with Crippen molar-refractivity contribution in [2.45, 2.75) is 10.9 Å². The van der Waals surface area contributed by atoms with Gasteiger partial charge in [0.2, 0.25) is 10.0 Å². The second-order valence-electron chi connectivity index (χ2n) is 5.75. The van der Waals surface area contributed by atoms with Crippen molar-refractivity contribution < 1.29 is 13.2 Å². The van der Waals surface area contributed by atoms with Gasteiger partial charge in [0, 0.05) is 12.6 Å². The van der Waals surface area contributed by atoms with Crippen LogP contribution in [0.4, 0.5) is 0 Å². The lowest BCUT2D eigenvalue weighted by Crippen LogP contribution is -2.34. The summed E-state index contributed by atoms with van der Waals surface area (Å²) in [6.07, 6.45) is 0. The van der Waals surface area contributed by atoms with Gasteiger partial charge in [-0.2, -0.15) is 5.26 Å². The van der Waals surface area contributed by atoms with Crippen LogP contribution in [0.2, 0.25) is 0 Å². The summed E-state index contributed by atoms with van der Waals surface area (Å²) < 4.78 is 32.9. The molecule has 0 aliphatic rings. The number of nitrogens with one attached hydrogen (secondary N) is 1. The molecule has 0 aliphatic carbocycles. The van der Waals surface area contributed by atoms with E-state index in [1.165, 1.54) is 12.1 Å². The highest BCUT2D eigenvalue weighted by Crippen LogP contribution is 2.22. The first-order valence-electron chi connectivity index (χ1n) is 7.67. The molecule has 0 fully saturated rings. The Bertz CT molecular complexity index is 873. The van der Waals surface area contributed by atoms with Crippen molar-refractivity contribution >= 4 is 10.0 Å². The van der Waals surface area contributed by atoms with Crippen LogP contribution in [0.3, 0.4) is 0 Å². The topological polar surface area (TPSA) is 82.4 Å². The number of benzene rings is 2. The number of methoxy groups -OCH3 is 1. The summed E-state index contributed by atoms with van der Waals surface area (Å²) in [5.41, 5.74) is 1.25. The van der Waals surface area contributed by atoms with Crippen molar-refractivity contribution in [2.75, 3.05) is 27.7 Å². The van der Waals surface area contributed by atoms with Gasteiger partial charge in [0.15, 0.2) is 0 Å². The van der Waals surface area contributed by atoms with Crippen LogP contribution >= 0.6 is 0 Å². The Balaban J connectivity index is 2.21. The summed E-state index contributed by atoms with van der Waals surface area (Å²) in [6.45, 7) is 0.194. The van der Waals surface area contributed by atoms with Crippen LogP contribution in [-0.2, 0) is 10.0 Å². The van der Waals surface area contributed by atoms with Gasteiger partial charge >= 0.3 is 0 Å². The zero-order chi connectivity index (χ0) is 18.4. The minimum atomic E-state index is -3.70. The van der Waals surface area contributed by atoms with Crippen LogP contribution in [0, 0.1) is 11.3 Å². The van der Waals surface area contributed by atoms with Gasteiger partial charge < -0.3 is 9.64 Å². The fourth-order valence-electron chi connectivity index (χ4n) is 2.45. The molecule has 0 saturated carbocycles. The number of likely N-dealkylation sites (N-methyl/N-ethyl adjacent to an activating group) is 1. The van der Waals surface area contributed by atoms with Crippen molar-refractivity contribution in [1.29, 1.82) is 5.26 Å². The van der Waals surface area contributed by atoms with E-state index in [-0.39, 0.29) is 17.5 Å². The van der Waals surface area contributed by atoms with Crippen LogP contribution in [0.1, 0.15) is 17.2 Å². The minimum absolute atomic E-state index is 0.0784. The Kier molecular flexibility index (Phi) is 6.15. The molecule has 0 saturated heterocycles. The fourth-order valence-corrected chi connectivity index (χ4v) is 3.54. The Morgan fingerprint density at radius 3 is 2.56 bits per heavy atom. The number of nitriles is 1. The van der Waals surface area contributed by atoms with E-state index < -0.39 is 10.0 Å². The smallest absolute Gasteiger partial charge is 0.240 e. The maximum atomic E-state index is 12.5. The van der Waals surface area contributed by atoms with Gasteiger partial charge in [-0.05, 0) is 50.0 Å². The Morgan fingerprint density at radius 2 is 1.92 bits per heavy atom. The highest BCUT2D eigenvalue weighted by molar-refractivity contribution is 7.89. The molecule has 1 atom stereocenters. The van der Waals surface area contributed by atoms with Crippen molar-refractivity contribution in [3.63, 3.8) is 0 Å². The van der Waals surface area contributed by atoms with E-state index >= 15 is 0 Å². The molecule has 0 amide bonds. The first-order chi connectivity index (χ1) is 11.9. The van der Waals surface area contributed by atoms with Gasteiger partial charge in [-0.15, -0.1) is 0 Å². The average molecular weight is 359 g/mol. The van der Waals surface area contributed by atoms with Crippen molar-refractivity contribution in [1.82, 2.24) is 9.62 Å². The predicted octanol–water partition coefficient (Wildman–Crippen LogP) is 2.15. The van der Waals surface area contributed by atoms with Gasteiger partial charge in [0.25, 0.3) is 0 Å². The standard InChI is InChI=1S/C18H21N3O3S/c1-21(2)18(15-7-5-8-16(11-15)24-3)13-20-25(22,23)17-9-4-6-14(10-17)12-19/h4-11,18,20H,13H2,1-3H3/t18-/m1/s1. The quantitative estimate of drug-likeness (QED) is 0.819. The van der Waals surface area contributed by atoms with Crippen LogP contribution in [-0.4, -0.2) is 41.1 Å². The van der Waals surface area contributed by atoms with Gasteiger partial charge in [0.1, 0.15) is 5.75 Å². The second kappa shape index (κ2) is 8.12. The molecule has 0 unspecified atom stereocenters. The summed E-state index contributed by atoms with van der Waals surface area (Å²) >= 11 is 0. The first kappa shape index (κ1) is 18.9. The monoisotopic (exact) mass is 359 g/mol. The Labute approximate surface area is 148 Å². The number of hydrogen-bond donors (Lipinski definition) is 1. The van der Waals surface area contributed by atoms with Crippen molar-refractivity contribution in [3.05, 3.63) is 59.7 Å². The van der Waals surface area contributed by atoms with Gasteiger partial charge in [-0.1, -0.05) is 18.2 Å². The molecule has 7 heteroatoms. The molecule has 6 nitrogen and oxygen atoms in total. The molecular weight excluding hydrogens is 338 g/mol. The van der Waals surface area contributed by atoms with Crippen molar-refractivity contribution in [2.24, 2.45) is 0 Å². The largest absolute Gasteiger partial charge is 0.497 e. The fraction of sp³-hybridized carbons (Fsp3) is 0.278. The number of rotatable bonds is 7. The van der Waals surface area contributed by atoms with Crippen LogP contribution < -0.4 is 9.46 Å². The number of ether oxygens (including phenoxy) is 1. The third-order valence-electron chi connectivity index (χ3n) is 3.84. The number of hydrogen-bond acceptors (Lipinski definition) is 5. The molecule has 0 heterocycles. The van der Waals surface area contributed by atoms with Gasteiger partial charge in [-0.3, -0.25) is 0 Å². The van der Waals surface area contributed by atoms with E-state index in [0.29, 0.717) is 11.3 Å². The summed E-state index contributed by atoms with van der Waals surface area (Å²) in [7, 11) is 1.66. The number of nitrogens with zero attached hydrogens (tertiary/aromatic N) is 2. The summed E-state index contributed by atoms with van der Waals surface area (Å²) in [4.78, 5) is 2.01. The molecule has 0 radical (unpaired) electrons. The lowest BCUT2D eigenvalue weighted by atomic mass is 10.1. The normalized spacial score (nSPS) is 12.6. The highest BCUT2D eigenvalue weighted by atomic mass is 32.2.